The van der Waals surface area contributed by atoms with Crippen molar-refractivity contribution in [3.05, 3.63) is 0 Å². The van der Waals surface area contributed by atoms with E-state index in [1.165, 1.54) is 32.1 Å². The van der Waals surface area contributed by atoms with Crippen molar-refractivity contribution in [2.45, 2.75) is 51.0 Å². The predicted molar refractivity (Wildman–Crippen MR) is 108 cm³/mol. The molecule has 9 heteroatoms. The zero-order chi connectivity index (χ0) is 21.3. The summed E-state index contributed by atoms with van der Waals surface area (Å²) < 4.78 is 10.8. The zero-order valence-corrected chi connectivity index (χ0v) is 17.5. The van der Waals surface area contributed by atoms with E-state index in [0.29, 0.717) is 38.9 Å². The number of rotatable bonds is 18. The minimum absolute atomic E-state index is 0.00967. The average molecular weight is 419 g/mol. The molecule has 0 saturated heterocycles. The van der Waals surface area contributed by atoms with Crippen LogP contribution in [-0.2, 0) is 19.1 Å². The van der Waals surface area contributed by atoms with Crippen LogP contribution in [0.15, 0.2) is 0 Å². The van der Waals surface area contributed by atoms with Crippen LogP contribution in [0.1, 0.15) is 44.9 Å². The molecule has 0 aromatic heterocycles. The molecule has 0 aromatic carbocycles. The van der Waals surface area contributed by atoms with Crippen LogP contribution in [0.2, 0.25) is 0 Å². The Morgan fingerprint density at radius 3 is 1.79 bits per heavy atom. The number of nitrogens with zero attached hydrogens (tertiary/aromatic N) is 2. The highest BCUT2D eigenvalue weighted by Crippen LogP contribution is 2.22. The highest BCUT2D eigenvalue weighted by molar-refractivity contribution is 5.67. The van der Waals surface area contributed by atoms with Crippen LogP contribution in [0.4, 0.5) is 0 Å². The molecule has 1 saturated carbocycles. The Morgan fingerprint density at radius 2 is 1.31 bits per heavy atom. The third-order valence-electron chi connectivity index (χ3n) is 5.21. The topological polar surface area (TPSA) is 120 Å². The van der Waals surface area contributed by atoms with Crippen molar-refractivity contribution in [2.75, 3.05) is 65.8 Å². The number of hydrogen-bond acceptors (Lipinski definition) is 7. The van der Waals surface area contributed by atoms with E-state index in [1.54, 1.807) is 0 Å². The summed E-state index contributed by atoms with van der Waals surface area (Å²) in [5.74, 6) is -1.75. The van der Waals surface area contributed by atoms with Crippen molar-refractivity contribution in [2.24, 2.45) is 0 Å². The maximum Gasteiger partial charge on any atom is 0.305 e. The van der Waals surface area contributed by atoms with Gasteiger partial charge in [-0.1, -0.05) is 19.3 Å². The standard InChI is InChI=1S/C20H38N2O7/c23-13-10-22(18-4-2-1-3-5-18)9-8-21(11-16-28-14-6-19(24)25)12-17-29-15-7-20(26)27/h18,23H,1-17H2,(H,24,25)(H,26,27). The highest BCUT2D eigenvalue weighted by Gasteiger charge is 2.21. The highest BCUT2D eigenvalue weighted by atomic mass is 16.5. The van der Waals surface area contributed by atoms with Crippen LogP contribution in [0.25, 0.3) is 0 Å². The molecule has 1 fully saturated rings. The summed E-state index contributed by atoms with van der Waals surface area (Å²) in [7, 11) is 0. The summed E-state index contributed by atoms with van der Waals surface area (Å²) >= 11 is 0. The van der Waals surface area contributed by atoms with Crippen molar-refractivity contribution in [1.29, 1.82) is 0 Å². The van der Waals surface area contributed by atoms with Gasteiger partial charge < -0.3 is 24.8 Å². The molecule has 1 aliphatic carbocycles. The molecule has 0 unspecified atom stereocenters. The van der Waals surface area contributed by atoms with Gasteiger partial charge in [-0.15, -0.1) is 0 Å². The van der Waals surface area contributed by atoms with Gasteiger partial charge in [0.1, 0.15) is 0 Å². The van der Waals surface area contributed by atoms with Crippen LogP contribution in [0, 0.1) is 0 Å². The lowest BCUT2D eigenvalue weighted by Crippen LogP contribution is -2.44. The third-order valence-corrected chi connectivity index (χ3v) is 5.21. The van der Waals surface area contributed by atoms with Crippen LogP contribution in [-0.4, -0.2) is 109 Å². The van der Waals surface area contributed by atoms with Gasteiger partial charge >= 0.3 is 11.9 Å². The maximum absolute atomic E-state index is 10.6. The fraction of sp³-hybridized carbons (Fsp3) is 0.900. The molecule has 0 heterocycles. The van der Waals surface area contributed by atoms with Crippen LogP contribution >= 0.6 is 0 Å². The van der Waals surface area contributed by atoms with Gasteiger partial charge in [-0.05, 0) is 12.8 Å². The van der Waals surface area contributed by atoms with E-state index >= 15 is 0 Å². The fourth-order valence-electron chi connectivity index (χ4n) is 3.57. The lowest BCUT2D eigenvalue weighted by Gasteiger charge is -2.35. The van der Waals surface area contributed by atoms with Gasteiger partial charge in [0, 0.05) is 38.8 Å². The van der Waals surface area contributed by atoms with E-state index in [9.17, 15) is 14.7 Å². The average Bonchev–Trinajstić information content (AvgIpc) is 2.70. The SMILES string of the molecule is O=C(O)CCOCCN(CCOCCC(=O)O)CCN(CCO)C1CCCCC1. The lowest BCUT2D eigenvalue weighted by atomic mass is 9.94. The number of hydrogen-bond donors (Lipinski definition) is 3. The third kappa shape index (κ3) is 13.6. The quantitative estimate of drug-likeness (QED) is 0.279. The van der Waals surface area contributed by atoms with Crippen LogP contribution < -0.4 is 0 Å². The first-order valence-corrected chi connectivity index (χ1v) is 10.7. The first-order chi connectivity index (χ1) is 14.0. The second-order valence-electron chi connectivity index (χ2n) is 7.41. The molecule has 0 radical (unpaired) electrons. The van der Waals surface area contributed by atoms with E-state index < -0.39 is 11.9 Å². The van der Waals surface area contributed by atoms with Gasteiger partial charge in [0.15, 0.2) is 0 Å². The van der Waals surface area contributed by atoms with Crippen LogP contribution in [0.3, 0.4) is 0 Å². The molecule has 0 aromatic rings. The van der Waals surface area contributed by atoms with Crippen molar-refractivity contribution in [3.63, 3.8) is 0 Å². The molecule has 9 nitrogen and oxygen atoms in total. The molecule has 170 valence electrons. The maximum atomic E-state index is 10.6. The molecule has 0 spiro atoms. The van der Waals surface area contributed by atoms with E-state index in [1.807, 2.05) is 0 Å². The second-order valence-corrected chi connectivity index (χ2v) is 7.41. The second kappa shape index (κ2) is 16.5. The monoisotopic (exact) mass is 418 g/mol. The molecular formula is C20H38N2O7. The Labute approximate surface area is 173 Å². The zero-order valence-electron chi connectivity index (χ0n) is 17.5. The van der Waals surface area contributed by atoms with Crippen molar-refractivity contribution in [1.82, 2.24) is 9.80 Å². The number of carboxylic acid groups (broad SMARTS) is 2. The van der Waals surface area contributed by atoms with Gasteiger partial charge in [-0.3, -0.25) is 19.4 Å². The van der Waals surface area contributed by atoms with Crippen molar-refractivity contribution >= 4 is 11.9 Å². The fourth-order valence-corrected chi connectivity index (χ4v) is 3.57. The first kappa shape index (κ1) is 25.8. The number of aliphatic hydroxyl groups excluding tert-OH is 1. The number of carbonyl (C=O) groups is 2. The normalized spacial score (nSPS) is 15.3. The molecule has 0 atom stereocenters. The van der Waals surface area contributed by atoms with Crippen LogP contribution in [0.5, 0.6) is 0 Å². The van der Waals surface area contributed by atoms with Gasteiger partial charge in [-0.2, -0.15) is 0 Å². The summed E-state index contributed by atoms with van der Waals surface area (Å²) in [6.07, 6.45) is 6.11. The molecular weight excluding hydrogens is 380 g/mol. The van der Waals surface area contributed by atoms with Crippen molar-refractivity contribution < 1.29 is 34.4 Å². The van der Waals surface area contributed by atoms with Gasteiger partial charge in [0.05, 0.1) is 45.9 Å². The summed E-state index contributed by atoms with van der Waals surface area (Å²) in [6, 6.07) is 0.524. The van der Waals surface area contributed by atoms with E-state index in [4.69, 9.17) is 19.7 Å². The molecule has 0 aliphatic heterocycles. The predicted octanol–water partition coefficient (Wildman–Crippen LogP) is 0.898. The summed E-state index contributed by atoms with van der Waals surface area (Å²) in [6.45, 7) is 5.01. The first-order valence-electron chi connectivity index (χ1n) is 10.7. The van der Waals surface area contributed by atoms with E-state index in [-0.39, 0.29) is 32.7 Å². The van der Waals surface area contributed by atoms with Gasteiger partial charge in [0.25, 0.3) is 0 Å². The molecule has 3 N–H and O–H groups in total. The summed E-state index contributed by atoms with van der Waals surface area (Å²) in [5, 5.41) is 26.8. The van der Waals surface area contributed by atoms with Gasteiger partial charge in [-0.25, -0.2) is 0 Å². The number of aliphatic carboxylic acids is 2. The number of aliphatic hydroxyl groups is 1. The lowest BCUT2D eigenvalue weighted by molar-refractivity contribution is -0.139. The van der Waals surface area contributed by atoms with E-state index in [0.717, 1.165) is 13.1 Å². The Balaban J connectivity index is 2.41. The molecule has 0 bridgehead atoms. The summed E-state index contributed by atoms with van der Waals surface area (Å²) in [4.78, 5) is 25.7. The largest absolute Gasteiger partial charge is 0.481 e. The molecule has 1 rings (SSSR count). The van der Waals surface area contributed by atoms with Gasteiger partial charge in [0.2, 0.25) is 0 Å². The van der Waals surface area contributed by atoms with Crippen molar-refractivity contribution in [3.8, 4) is 0 Å². The minimum atomic E-state index is -0.874. The molecule has 29 heavy (non-hydrogen) atoms. The number of ether oxygens (including phenoxy) is 2. The molecule has 1 aliphatic rings. The minimum Gasteiger partial charge on any atom is -0.481 e. The number of carboxylic acids is 2. The Morgan fingerprint density at radius 1 is 0.759 bits per heavy atom. The Bertz CT molecular complexity index is 421. The Kier molecular flexibility index (Phi) is 14.7. The van der Waals surface area contributed by atoms with E-state index in [2.05, 4.69) is 9.80 Å². The summed E-state index contributed by atoms with van der Waals surface area (Å²) in [5.41, 5.74) is 0. The smallest absolute Gasteiger partial charge is 0.305 e. The molecule has 0 amide bonds. The Hall–Kier alpha value is -1.26.